The molecule has 1 aliphatic carbocycles. The average Bonchev–Trinajstić information content (AvgIpc) is 2.63. The summed E-state index contributed by atoms with van der Waals surface area (Å²) in [5.41, 5.74) is 0.702. The number of hydrogen-bond donors (Lipinski definition) is 0. The molecule has 1 aliphatic heterocycles. The van der Waals surface area contributed by atoms with Gasteiger partial charge in [0.2, 0.25) is 0 Å². The number of ether oxygens (including phenoxy) is 2. The Morgan fingerprint density at radius 3 is 2.42 bits per heavy atom. The van der Waals surface area contributed by atoms with Gasteiger partial charge in [-0.1, -0.05) is 38.7 Å². The van der Waals surface area contributed by atoms with Gasteiger partial charge in [0.25, 0.3) is 0 Å². The predicted octanol–water partition coefficient (Wildman–Crippen LogP) is 4.97. The van der Waals surface area contributed by atoms with Gasteiger partial charge in [0.1, 0.15) is 11.9 Å². The van der Waals surface area contributed by atoms with E-state index in [-0.39, 0.29) is 5.56 Å². The summed E-state index contributed by atoms with van der Waals surface area (Å²) in [5, 5.41) is 8.80. The Bertz CT molecular complexity index is 582. The molecule has 0 bridgehead atoms. The van der Waals surface area contributed by atoms with Crippen molar-refractivity contribution in [1.29, 1.82) is 5.26 Å². The lowest BCUT2D eigenvalue weighted by molar-refractivity contribution is -0.214. The van der Waals surface area contributed by atoms with Crippen LogP contribution in [0.15, 0.2) is 18.2 Å². The van der Waals surface area contributed by atoms with E-state index in [9.17, 15) is 4.39 Å². The van der Waals surface area contributed by atoms with Crippen LogP contribution in [0.4, 0.5) is 4.39 Å². The van der Waals surface area contributed by atoms with Crippen molar-refractivity contribution in [1.82, 2.24) is 0 Å². The molecule has 3 rings (SSSR count). The summed E-state index contributed by atoms with van der Waals surface area (Å²) in [7, 11) is 0. The highest BCUT2D eigenvalue weighted by molar-refractivity contribution is 5.33. The van der Waals surface area contributed by atoms with Crippen molar-refractivity contribution >= 4 is 0 Å². The van der Waals surface area contributed by atoms with Crippen molar-refractivity contribution in [3.8, 4) is 6.07 Å². The van der Waals surface area contributed by atoms with E-state index in [4.69, 9.17) is 14.7 Å². The molecular weight excluding hydrogens is 305 g/mol. The van der Waals surface area contributed by atoms with Crippen molar-refractivity contribution in [2.75, 3.05) is 13.2 Å². The Labute approximate surface area is 143 Å². The fourth-order valence-electron chi connectivity index (χ4n) is 4.11. The van der Waals surface area contributed by atoms with Crippen LogP contribution in [0.3, 0.4) is 0 Å². The molecule has 4 heteroatoms. The van der Waals surface area contributed by atoms with E-state index in [1.54, 1.807) is 6.07 Å². The van der Waals surface area contributed by atoms with Gasteiger partial charge in [-0.05, 0) is 36.8 Å². The van der Waals surface area contributed by atoms with Gasteiger partial charge >= 0.3 is 0 Å². The summed E-state index contributed by atoms with van der Waals surface area (Å²) in [6.07, 6.45) is 7.35. The molecule has 0 aromatic heterocycles. The van der Waals surface area contributed by atoms with E-state index in [0.717, 1.165) is 5.92 Å². The summed E-state index contributed by atoms with van der Waals surface area (Å²) >= 11 is 0. The molecule has 1 heterocycles. The van der Waals surface area contributed by atoms with Crippen LogP contribution in [0.25, 0.3) is 0 Å². The van der Waals surface area contributed by atoms with Crippen molar-refractivity contribution < 1.29 is 13.9 Å². The van der Waals surface area contributed by atoms with Gasteiger partial charge in [-0.3, -0.25) is 0 Å². The van der Waals surface area contributed by atoms with Crippen LogP contribution in [0.5, 0.6) is 0 Å². The van der Waals surface area contributed by atoms with Crippen LogP contribution in [-0.2, 0) is 9.47 Å². The molecule has 2 fully saturated rings. The molecule has 1 aromatic carbocycles. The van der Waals surface area contributed by atoms with E-state index in [2.05, 4.69) is 6.92 Å². The van der Waals surface area contributed by atoms with Gasteiger partial charge in [-0.15, -0.1) is 0 Å². The highest BCUT2D eigenvalue weighted by Gasteiger charge is 2.32. The molecule has 1 aromatic rings. The largest absolute Gasteiger partial charge is 0.348 e. The summed E-state index contributed by atoms with van der Waals surface area (Å²) < 4.78 is 25.5. The van der Waals surface area contributed by atoms with Crippen molar-refractivity contribution in [2.45, 2.75) is 51.7 Å². The van der Waals surface area contributed by atoms with Gasteiger partial charge in [0.05, 0.1) is 18.8 Å². The van der Waals surface area contributed by atoms with E-state index < -0.39 is 12.1 Å². The van der Waals surface area contributed by atoms with Crippen LogP contribution >= 0.6 is 0 Å². The molecule has 130 valence electrons. The zero-order valence-electron chi connectivity index (χ0n) is 14.3. The molecule has 3 nitrogen and oxygen atoms in total. The molecule has 0 radical (unpaired) electrons. The first kappa shape index (κ1) is 17.4. The molecule has 1 saturated carbocycles. The third kappa shape index (κ3) is 3.96. The summed E-state index contributed by atoms with van der Waals surface area (Å²) in [5.74, 6) is 1.54. The van der Waals surface area contributed by atoms with E-state index >= 15 is 0 Å². The number of hydrogen-bond acceptors (Lipinski definition) is 3. The van der Waals surface area contributed by atoms with E-state index in [1.807, 2.05) is 6.07 Å². The van der Waals surface area contributed by atoms with Crippen LogP contribution in [0.1, 0.15) is 62.9 Å². The van der Waals surface area contributed by atoms with Crippen LogP contribution in [-0.4, -0.2) is 13.2 Å². The second-order valence-electron chi connectivity index (χ2n) is 7.18. The Hall–Kier alpha value is -1.44. The molecule has 0 atom stereocenters. The Morgan fingerprint density at radius 2 is 1.83 bits per heavy atom. The molecular formula is C20H26FNO2. The minimum absolute atomic E-state index is 0.0521. The van der Waals surface area contributed by atoms with Gasteiger partial charge < -0.3 is 9.47 Å². The van der Waals surface area contributed by atoms with Gasteiger partial charge in [-0.25, -0.2) is 4.39 Å². The number of rotatable bonds is 4. The summed E-state index contributed by atoms with van der Waals surface area (Å²) in [6, 6.07) is 6.37. The normalized spacial score (nSPS) is 30.7. The minimum atomic E-state index is -0.515. The van der Waals surface area contributed by atoms with E-state index in [1.165, 1.54) is 50.7 Å². The molecule has 0 unspecified atom stereocenters. The quantitative estimate of drug-likeness (QED) is 0.782. The minimum Gasteiger partial charge on any atom is -0.348 e. The topological polar surface area (TPSA) is 42.2 Å². The third-order valence-corrected chi connectivity index (χ3v) is 5.56. The number of nitrogens with zero attached hydrogens (tertiary/aromatic N) is 1. The number of benzene rings is 1. The molecule has 24 heavy (non-hydrogen) atoms. The lowest BCUT2D eigenvalue weighted by Crippen LogP contribution is -2.34. The van der Waals surface area contributed by atoms with Crippen molar-refractivity contribution in [3.63, 3.8) is 0 Å². The summed E-state index contributed by atoms with van der Waals surface area (Å²) in [6.45, 7) is 3.62. The monoisotopic (exact) mass is 331 g/mol. The Balaban J connectivity index is 1.51. The highest BCUT2D eigenvalue weighted by Crippen LogP contribution is 2.38. The zero-order valence-corrected chi connectivity index (χ0v) is 14.3. The van der Waals surface area contributed by atoms with E-state index in [0.29, 0.717) is 30.6 Å². The second kappa shape index (κ2) is 8.09. The first-order valence-electron chi connectivity index (χ1n) is 9.14. The summed E-state index contributed by atoms with van der Waals surface area (Å²) in [4.78, 5) is 0. The smallest absolute Gasteiger partial charge is 0.183 e. The van der Waals surface area contributed by atoms with Gasteiger partial charge in [-0.2, -0.15) is 5.26 Å². The average molecular weight is 331 g/mol. The first-order chi connectivity index (χ1) is 11.7. The van der Waals surface area contributed by atoms with Crippen LogP contribution in [0.2, 0.25) is 0 Å². The SMILES string of the molecule is CCC[C@H]1CC[C@H]([C@H]2CO[C@H](c3ccc(C#N)c(F)c3)OC2)CC1. The third-order valence-electron chi connectivity index (χ3n) is 5.56. The van der Waals surface area contributed by atoms with Crippen molar-refractivity contribution in [3.05, 3.63) is 35.1 Å². The predicted molar refractivity (Wildman–Crippen MR) is 89.6 cm³/mol. The molecule has 2 aliphatic rings. The van der Waals surface area contributed by atoms with Crippen LogP contribution in [0, 0.1) is 34.9 Å². The maximum atomic E-state index is 13.7. The molecule has 0 N–H and O–H groups in total. The first-order valence-corrected chi connectivity index (χ1v) is 9.14. The van der Waals surface area contributed by atoms with Crippen molar-refractivity contribution in [2.24, 2.45) is 17.8 Å². The highest BCUT2D eigenvalue weighted by atomic mass is 19.1. The maximum Gasteiger partial charge on any atom is 0.183 e. The molecule has 0 amide bonds. The lowest BCUT2D eigenvalue weighted by atomic mass is 9.75. The van der Waals surface area contributed by atoms with Gasteiger partial charge in [0, 0.05) is 11.5 Å². The molecule has 1 saturated heterocycles. The maximum absolute atomic E-state index is 13.7. The fourth-order valence-corrected chi connectivity index (χ4v) is 4.11. The fraction of sp³-hybridized carbons (Fsp3) is 0.650. The Morgan fingerprint density at radius 1 is 1.12 bits per heavy atom. The molecule has 0 spiro atoms. The second-order valence-corrected chi connectivity index (χ2v) is 7.18. The number of halogens is 1. The van der Waals surface area contributed by atoms with Crippen LogP contribution < -0.4 is 0 Å². The van der Waals surface area contributed by atoms with Gasteiger partial charge in [0.15, 0.2) is 6.29 Å². The zero-order chi connectivity index (χ0) is 16.9. The lowest BCUT2D eigenvalue weighted by Gasteiger charge is -2.37. The number of nitriles is 1. The Kier molecular flexibility index (Phi) is 5.86. The standard InChI is InChI=1S/C20H26FNO2/c1-2-3-14-4-6-15(7-5-14)18-12-23-20(24-13-18)16-8-9-17(11-22)19(21)10-16/h8-10,14-15,18,20H,2-7,12-13H2,1H3/t14-,15-,18-,20-.